The van der Waals surface area contributed by atoms with Crippen LogP contribution in [0.25, 0.3) is 0 Å². The Labute approximate surface area is 201 Å². The van der Waals surface area contributed by atoms with E-state index in [0.717, 1.165) is 24.2 Å². The number of sulfone groups is 1. The van der Waals surface area contributed by atoms with Crippen molar-refractivity contribution in [3.63, 3.8) is 0 Å². The first-order valence-corrected chi connectivity index (χ1v) is 13.8. The molecule has 0 aliphatic carbocycles. The Morgan fingerprint density at radius 2 is 1.79 bits per heavy atom. The van der Waals surface area contributed by atoms with Crippen molar-refractivity contribution in [3.8, 4) is 0 Å². The molecule has 6 nitrogen and oxygen atoms in total. The summed E-state index contributed by atoms with van der Waals surface area (Å²) in [5.74, 6) is 0.689. The van der Waals surface area contributed by atoms with Crippen LogP contribution in [-0.2, 0) is 16.3 Å². The van der Waals surface area contributed by atoms with Crippen molar-refractivity contribution in [2.24, 2.45) is 5.92 Å². The second-order valence-electron chi connectivity index (χ2n) is 9.55. The number of nitrogens with zero attached hydrogens (tertiary/aromatic N) is 1. The number of hydrogen-bond donors (Lipinski definition) is 2. The van der Waals surface area contributed by atoms with Gasteiger partial charge in [0.25, 0.3) is 0 Å². The highest BCUT2D eigenvalue weighted by Crippen LogP contribution is 2.40. The number of rotatable bonds is 7. The van der Waals surface area contributed by atoms with Crippen molar-refractivity contribution in [3.05, 3.63) is 59.1 Å². The van der Waals surface area contributed by atoms with E-state index in [4.69, 9.17) is 11.6 Å². The summed E-state index contributed by atoms with van der Waals surface area (Å²) in [4.78, 5) is 15.2. The fourth-order valence-corrected chi connectivity index (χ4v) is 6.16. The Morgan fingerprint density at radius 3 is 2.42 bits per heavy atom. The van der Waals surface area contributed by atoms with Gasteiger partial charge in [-0.3, -0.25) is 4.90 Å². The average Bonchev–Trinajstić information content (AvgIpc) is 2.97. The third kappa shape index (κ3) is 6.28. The van der Waals surface area contributed by atoms with Crippen LogP contribution >= 0.6 is 11.6 Å². The molecule has 2 aromatic carbocycles. The molecule has 2 unspecified atom stereocenters. The zero-order chi connectivity index (χ0) is 23.6. The summed E-state index contributed by atoms with van der Waals surface area (Å²) >= 11 is 6.02. The van der Waals surface area contributed by atoms with Crippen LogP contribution in [0.1, 0.15) is 38.2 Å². The minimum absolute atomic E-state index is 0.0148. The SMILES string of the molecule is C[C@H](CN1C2CCC1CC(Cc1ccc(Cl)cc1)C2)NC(=O)Nc1cccc(S(C)(=O)=O)c1. The van der Waals surface area contributed by atoms with Gasteiger partial charge in [-0.1, -0.05) is 29.8 Å². The Balaban J connectivity index is 1.28. The Hall–Kier alpha value is -2.09. The van der Waals surface area contributed by atoms with Crippen molar-refractivity contribution in [1.82, 2.24) is 10.2 Å². The topological polar surface area (TPSA) is 78.5 Å². The van der Waals surface area contributed by atoms with E-state index >= 15 is 0 Å². The van der Waals surface area contributed by atoms with Crippen molar-refractivity contribution in [1.29, 1.82) is 0 Å². The van der Waals surface area contributed by atoms with Gasteiger partial charge in [-0.25, -0.2) is 13.2 Å². The molecular weight excluding hydrogens is 458 g/mol. The van der Waals surface area contributed by atoms with E-state index in [0.29, 0.717) is 23.7 Å². The van der Waals surface area contributed by atoms with Gasteiger partial charge in [0.2, 0.25) is 0 Å². The normalized spacial score (nSPS) is 23.8. The number of halogens is 1. The van der Waals surface area contributed by atoms with Crippen LogP contribution in [0.2, 0.25) is 5.02 Å². The molecule has 2 aliphatic heterocycles. The molecule has 2 amide bonds. The summed E-state index contributed by atoms with van der Waals surface area (Å²) in [6, 6.07) is 15.3. The molecule has 0 saturated carbocycles. The van der Waals surface area contributed by atoms with Crippen molar-refractivity contribution in [2.45, 2.75) is 62.0 Å². The highest BCUT2D eigenvalue weighted by Gasteiger charge is 2.40. The highest BCUT2D eigenvalue weighted by molar-refractivity contribution is 7.90. The quantitative estimate of drug-likeness (QED) is 0.588. The lowest BCUT2D eigenvalue weighted by Gasteiger charge is -2.40. The molecule has 33 heavy (non-hydrogen) atoms. The van der Waals surface area contributed by atoms with Crippen LogP contribution in [0.5, 0.6) is 0 Å². The number of carbonyl (C=O) groups is 1. The third-order valence-corrected chi connectivity index (χ3v) is 8.16. The van der Waals surface area contributed by atoms with E-state index in [1.807, 2.05) is 19.1 Å². The van der Waals surface area contributed by atoms with Gasteiger partial charge in [-0.15, -0.1) is 0 Å². The molecule has 178 valence electrons. The van der Waals surface area contributed by atoms with Crippen LogP contribution in [0, 0.1) is 5.92 Å². The lowest BCUT2D eigenvalue weighted by Crippen LogP contribution is -2.50. The first-order valence-electron chi connectivity index (χ1n) is 11.5. The molecule has 2 aliphatic rings. The number of nitrogens with one attached hydrogen (secondary N) is 2. The van der Waals surface area contributed by atoms with Gasteiger partial charge in [0.1, 0.15) is 0 Å². The lowest BCUT2D eigenvalue weighted by atomic mass is 9.85. The van der Waals surface area contributed by atoms with Crippen LogP contribution < -0.4 is 10.6 Å². The lowest BCUT2D eigenvalue weighted by molar-refractivity contribution is 0.0955. The summed E-state index contributed by atoms with van der Waals surface area (Å²) in [6.07, 6.45) is 7.08. The molecule has 2 aromatic rings. The fraction of sp³-hybridized carbons (Fsp3) is 0.480. The van der Waals surface area contributed by atoms with Gasteiger partial charge in [0.15, 0.2) is 9.84 Å². The maximum atomic E-state index is 12.5. The number of hydrogen-bond acceptors (Lipinski definition) is 4. The Morgan fingerprint density at radius 1 is 1.12 bits per heavy atom. The molecule has 0 aromatic heterocycles. The van der Waals surface area contributed by atoms with Gasteiger partial charge in [0.05, 0.1) is 4.90 Å². The monoisotopic (exact) mass is 489 g/mol. The van der Waals surface area contributed by atoms with E-state index in [2.05, 4.69) is 27.7 Å². The second kappa shape index (κ2) is 10.0. The average molecular weight is 490 g/mol. The highest BCUT2D eigenvalue weighted by atomic mass is 35.5. The van der Waals surface area contributed by atoms with Crippen LogP contribution in [-0.4, -0.2) is 50.3 Å². The van der Waals surface area contributed by atoms with Crippen molar-refractivity contribution < 1.29 is 13.2 Å². The first kappa shape index (κ1) is 24.0. The zero-order valence-corrected chi connectivity index (χ0v) is 20.7. The van der Waals surface area contributed by atoms with E-state index in [1.165, 1.54) is 43.4 Å². The Bertz CT molecular complexity index is 1080. The largest absolute Gasteiger partial charge is 0.334 e. The molecule has 2 N–H and O–H groups in total. The summed E-state index contributed by atoms with van der Waals surface area (Å²) in [5.41, 5.74) is 1.81. The van der Waals surface area contributed by atoms with Crippen LogP contribution in [0.4, 0.5) is 10.5 Å². The van der Waals surface area contributed by atoms with Crippen LogP contribution in [0.3, 0.4) is 0 Å². The van der Waals surface area contributed by atoms with Crippen LogP contribution in [0.15, 0.2) is 53.4 Å². The number of carbonyl (C=O) groups excluding carboxylic acids is 1. The van der Waals surface area contributed by atoms with Gasteiger partial charge < -0.3 is 10.6 Å². The van der Waals surface area contributed by atoms with E-state index < -0.39 is 9.84 Å². The maximum absolute atomic E-state index is 12.5. The molecule has 2 heterocycles. The predicted octanol–water partition coefficient (Wildman–Crippen LogP) is 4.74. The number of benzene rings is 2. The summed E-state index contributed by atoms with van der Waals surface area (Å²) in [6.45, 7) is 2.84. The molecule has 8 heteroatoms. The smallest absolute Gasteiger partial charge is 0.319 e. The molecular formula is C25H32ClN3O3S. The number of fused-ring (bicyclic) bond motifs is 2. The molecule has 2 fully saturated rings. The number of anilines is 1. The van der Waals surface area contributed by atoms with Gasteiger partial charge >= 0.3 is 6.03 Å². The molecule has 3 atom stereocenters. The minimum atomic E-state index is -3.32. The molecule has 2 bridgehead atoms. The second-order valence-corrected chi connectivity index (χ2v) is 12.0. The molecule has 0 radical (unpaired) electrons. The zero-order valence-electron chi connectivity index (χ0n) is 19.1. The minimum Gasteiger partial charge on any atom is -0.334 e. The fourth-order valence-electron chi connectivity index (χ4n) is 5.36. The van der Waals surface area contributed by atoms with Crippen molar-refractivity contribution >= 4 is 33.2 Å². The summed E-state index contributed by atoms with van der Waals surface area (Å²) < 4.78 is 23.5. The van der Waals surface area contributed by atoms with Crippen molar-refractivity contribution in [2.75, 3.05) is 18.1 Å². The predicted molar refractivity (Wildman–Crippen MR) is 133 cm³/mol. The molecule has 0 spiro atoms. The third-order valence-electron chi connectivity index (χ3n) is 6.80. The Kier molecular flexibility index (Phi) is 7.31. The molecule has 2 saturated heterocycles. The standard InChI is InChI=1S/C25H32ClN3O3S/c1-17(27-25(30)28-21-4-3-5-24(15-21)33(2,31)32)16-29-22-10-11-23(29)14-19(13-22)12-18-6-8-20(26)9-7-18/h3-9,15,17,19,22-23H,10-14,16H2,1-2H3,(H2,27,28,30)/t17-,19?,22?,23?/m1/s1. The summed E-state index contributed by atoms with van der Waals surface area (Å²) in [7, 11) is -3.32. The molecule has 4 rings (SSSR count). The maximum Gasteiger partial charge on any atom is 0.319 e. The van der Waals surface area contributed by atoms with E-state index in [-0.39, 0.29) is 17.0 Å². The van der Waals surface area contributed by atoms with Gasteiger partial charge in [0, 0.05) is 41.6 Å². The number of piperidine rings is 1. The van der Waals surface area contributed by atoms with E-state index in [9.17, 15) is 13.2 Å². The first-order chi connectivity index (χ1) is 15.7. The number of urea groups is 1. The number of amides is 2. The summed E-state index contributed by atoms with van der Waals surface area (Å²) in [5, 5.41) is 6.54. The van der Waals surface area contributed by atoms with Gasteiger partial charge in [-0.2, -0.15) is 0 Å². The van der Waals surface area contributed by atoms with Gasteiger partial charge in [-0.05, 0) is 80.8 Å². The van der Waals surface area contributed by atoms with E-state index in [1.54, 1.807) is 12.1 Å².